The van der Waals surface area contributed by atoms with Gasteiger partial charge in [-0.05, 0) is 32.0 Å². The smallest absolute Gasteiger partial charge is 0.257 e. The van der Waals surface area contributed by atoms with Crippen LogP contribution >= 0.6 is 0 Å². The first-order valence-corrected chi connectivity index (χ1v) is 10.6. The Morgan fingerprint density at radius 1 is 1.12 bits per heavy atom. The Kier molecular flexibility index (Phi) is 4.60. The lowest BCUT2D eigenvalue weighted by atomic mass is 10.1. The number of halogens is 1. The maximum atomic E-state index is 14.4. The number of nitrogens with one attached hydrogen (secondary N) is 3. The van der Waals surface area contributed by atoms with Crippen molar-refractivity contribution >= 4 is 22.8 Å². The summed E-state index contributed by atoms with van der Waals surface area (Å²) in [5.41, 5.74) is 2.36. The maximum absolute atomic E-state index is 14.4. The number of nitrogens with zero attached hydrogens (tertiary/aromatic N) is 5. The van der Waals surface area contributed by atoms with E-state index in [1.165, 1.54) is 12.4 Å². The fraction of sp³-hybridized carbons (Fsp3) is 0.333. The van der Waals surface area contributed by atoms with E-state index in [4.69, 9.17) is 9.47 Å². The third kappa shape index (κ3) is 3.30. The van der Waals surface area contributed by atoms with Crippen LogP contribution in [0.1, 0.15) is 18.9 Å². The van der Waals surface area contributed by atoms with Crippen LogP contribution in [0, 0.1) is 5.82 Å². The van der Waals surface area contributed by atoms with Crippen molar-refractivity contribution in [2.24, 2.45) is 0 Å². The van der Waals surface area contributed by atoms with E-state index in [-0.39, 0.29) is 17.4 Å². The van der Waals surface area contributed by atoms with Crippen LogP contribution in [0.4, 0.5) is 16.0 Å². The summed E-state index contributed by atoms with van der Waals surface area (Å²) < 4.78 is 27.6. The predicted octanol–water partition coefficient (Wildman–Crippen LogP) is 2.79. The summed E-state index contributed by atoms with van der Waals surface area (Å²) in [4.78, 5) is 13.1. The average Bonchev–Trinajstić information content (AvgIpc) is 3.43. The van der Waals surface area contributed by atoms with Crippen molar-refractivity contribution in [3.8, 4) is 22.9 Å². The number of H-pyrrole nitrogens is 1. The second kappa shape index (κ2) is 7.75. The molecule has 3 N–H and O–H groups in total. The monoisotopic (exact) mass is 436 g/mol. The SMILES string of the molecule is Fc1cn(C2CCNCC2)c2nc(Nc3cc(-c4ccnc5c4OCCO5)[nH]n3)cnc12. The molecule has 0 atom stereocenters. The van der Waals surface area contributed by atoms with Gasteiger partial charge in [-0.3, -0.25) is 5.10 Å². The van der Waals surface area contributed by atoms with Gasteiger partial charge < -0.3 is 24.7 Å². The second-order valence-electron chi connectivity index (χ2n) is 7.77. The van der Waals surface area contributed by atoms with Crippen LogP contribution in [0.15, 0.2) is 30.7 Å². The Hall–Kier alpha value is -3.73. The van der Waals surface area contributed by atoms with Crippen LogP contribution in [0.25, 0.3) is 22.4 Å². The normalized spacial score (nSPS) is 16.4. The molecule has 0 aromatic carbocycles. The molecule has 32 heavy (non-hydrogen) atoms. The van der Waals surface area contributed by atoms with Crippen molar-refractivity contribution in [2.75, 3.05) is 31.6 Å². The molecular weight excluding hydrogens is 415 g/mol. The van der Waals surface area contributed by atoms with Crippen LogP contribution in [0.5, 0.6) is 11.6 Å². The molecule has 10 nitrogen and oxygen atoms in total. The second-order valence-corrected chi connectivity index (χ2v) is 7.77. The Bertz CT molecular complexity index is 1280. The van der Waals surface area contributed by atoms with Gasteiger partial charge in [-0.15, -0.1) is 0 Å². The van der Waals surface area contributed by atoms with E-state index in [0.29, 0.717) is 42.1 Å². The average molecular weight is 436 g/mol. The Labute approximate surface area is 182 Å². The molecule has 4 aromatic rings. The topological polar surface area (TPSA) is 115 Å². The minimum absolute atomic E-state index is 0.199. The van der Waals surface area contributed by atoms with E-state index in [2.05, 4.69) is 35.8 Å². The summed E-state index contributed by atoms with van der Waals surface area (Å²) in [5, 5.41) is 13.8. The van der Waals surface area contributed by atoms with E-state index in [1.54, 1.807) is 6.20 Å². The number of fused-ring (bicyclic) bond motifs is 2. The van der Waals surface area contributed by atoms with Gasteiger partial charge in [0.1, 0.15) is 18.7 Å². The zero-order chi connectivity index (χ0) is 21.5. The van der Waals surface area contributed by atoms with E-state index < -0.39 is 0 Å². The third-order valence-corrected chi connectivity index (χ3v) is 5.74. The molecule has 0 bridgehead atoms. The summed E-state index contributed by atoms with van der Waals surface area (Å²) in [6.45, 7) is 2.75. The van der Waals surface area contributed by atoms with Crippen molar-refractivity contribution in [3.05, 3.63) is 36.5 Å². The van der Waals surface area contributed by atoms with E-state index in [0.717, 1.165) is 37.2 Å². The van der Waals surface area contributed by atoms with Gasteiger partial charge >= 0.3 is 0 Å². The summed E-state index contributed by atoms with van der Waals surface area (Å²) in [6, 6.07) is 3.88. The Morgan fingerprint density at radius 2 is 2.00 bits per heavy atom. The van der Waals surface area contributed by atoms with Crippen molar-refractivity contribution in [2.45, 2.75) is 18.9 Å². The van der Waals surface area contributed by atoms with Gasteiger partial charge in [0.2, 0.25) is 0 Å². The molecule has 0 unspecified atom stereocenters. The number of anilines is 2. The molecule has 4 aromatic heterocycles. The molecule has 2 aliphatic rings. The number of hydrogen-bond acceptors (Lipinski definition) is 8. The third-order valence-electron chi connectivity index (χ3n) is 5.74. The molecule has 1 saturated heterocycles. The zero-order valence-electron chi connectivity index (χ0n) is 17.1. The first-order chi connectivity index (χ1) is 15.8. The first kappa shape index (κ1) is 19.0. The van der Waals surface area contributed by atoms with Crippen molar-refractivity contribution < 1.29 is 13.9 Å². The highest BCUT2D eigenvalue weighted by Crippen LogP contribution is 2.38. The number of hydrogen-bond donors (Lipinski definition) is 3. The zero-order valence-corrected chi connectivity index (χ0v) is 17.1. The van der Waals surface area contributed by atoms with Gasteiger partial charge in [-0.25, -0.2) is 19.3 Å². The van der Waals surface area contributed by atoms with Crippen LogP contribution < -0.4 is 20.1 Å². The van der Waals surface area contributed by atoms with Crippen LogP contribution in [-0.4, -0.2) is 56.0 Å². The molecular formula is C21H21FN8O2. The van der Waals surface area contributed by atoms with Crippen molar-refractivity contribution in [3.63, 3.8) is 0 Å². The van der Waals surface area contributed by atoms with Gasteiger partial charge in [-0.1, -0.05) is 0 Å². The first-order valence-electron chi connectivity index (χ1n) is 10.6. The maximum Gasteiger partial charge on any atom is 0.257 e. The quantitative estimate of drug-likeness (QED) is 0.447. The standard InChI is InChI=1S/C21H21FN8O2/c22-14-11-30(12-1-4-23-5-2-12)20-18(14)25-10-17(27-20)26-16-9-15(28-29-16)13-3-6-24-21-19(13)31-7-8-32-21/h3,6,9-12,23H,1-2,4-5,7-8H2,(H2,26,27,28,29). The lowest BCUT2D eigenvalue weighted by molar-refractivity contribution is 0.165. The molecule has 0 amide bonds. The molecule has 0 spiro atoms. The van der Waals surface area contributed by atoms with E-state index in [1.807, 2.05) is 16.7 Å². The molecule has 0 radical (unpaired) electrons. The van der Waals surface area contributed by atoms with Crippen molar-refractivity contribution in [1.29, 1.82) is 0 Å². The summed E-state index contributed by atoms with van der Waals surface area (Å²) in [7, 11) is 0. The molecule has 0 aliphatic carbocycles. The van der Waals surface area contributed by atoms with E-state index in [9.17, 15) is 4.39 Å². The summed E-state index contributed by atoms with van der Waals surface area (Å²) >= 11 is 0. The van der Waals surface area contributed by atoms with Gasteiger partial charge in [0, 0.05) is 30.1 Å². The molecule has 0 saturated carbocycles. The largest absolute Gasteiger partial charge is 0.484 e. The van der Waals surface area contributed by atoms with Gasteiger partial charge in [0.25, 0.3) is 5.88 Å². The minimum Gasteiger partial charge on any atom is -0.484 e. The molecule has 2 aliphatic heterocycles. The van der Waals surface area contributed by atoms with Crippen molar-refractivity contribution in [1.82, 2.24) is 35.0 Å². The van der Waals surface area contributed by atoms with Gasteiger partial charge in [0.15, 0.2) is 28.8 Å². The lowest BCUT2D eigenvalue weighted by Gasteiger charge is -2.24. The van der Waals surface area contributed by atoms with Gasteiger partial charge in [-0.2, -0.15) is 5.10 Å². The summed E-state index contributed by atoms with van der Waals surface area (Å²) in [6.07, 6.45) is 6.53. The van der Waals surface area contributed by atoms with Crippen LogP contribution in [0.2, 0.25) is 0 Å². The number of piperidine rings is 1. The van der Waals surface area contributed by atoms with Gasteiger partial charge in [0.05, 0.1) is 11.9 Å². The minimum atomic E-state index is -0.357. The highest BCUT2D eigenvalue weighted by Gasteiger charge is 2.22. The van der Waals surface area contributed by atoms with Crippen LogP contribution in [-0.2, 0) is 0 Å². The summed E-state index contributed by atoms with van der Waals surface area (Å²) in [5.74, 6) is 1.74. The fourth-order valence-electron chi connectivity index (χ4n) is 4.22. The Balaban J connectivity index is 1.29. The number of rotatable bonds is 4. The predicted molar refractivity (Wildman–Crippen MR) is 115 cm³/mol. The number of aromatic amines is 1. The van der Waals surface area contributed by atoms with E-state index >= 15 is 0 Å². The number of ether oxygens (including phenoxy) is 2. The number of aromatic nitrogens is 6. The molecule has 6 heterocycles. The highest BCUT2D eigenvalue weighted by atomic mass is 19.1. The molecule has 1 fully saturated rings. The Morgan fingerprint density at radius 3 is 2.91 bits per heavy atom. The fourth-order valence-corrected chi connectivity index (χ4v) is 4.22. The molecule has 6 rings (SSSR count). The molecule has 164 valence electrons. The highest BCUT2D eigenvalue weighted by molar-refractivity contribution is 5.76. The van der Waals surface area contributed by atoms with Crippen LogP contribution in [0.3, 0.4) is 0 Å². The lowest BCUT2D eigenvalue weighted by Crippen LogP contribution is -2.29. The molecule has 11 heteroatoms. The number of pyridine rings is 1.